The van der Waals surface area contributed by atoms with Crippen molar-refractivity contribution < 1.29 is 13.2 Å². The highest BCUT2D eigenvalue weighted by Gasteiger charge is 2.17. The van der Waals surface area contributed by atoms with Gasteiger partial charge in [-0.05, 0) is 65.3 Å². The number of sulfonamides is 1. The summed E-state index contributed by atoms with van der Waals surface area (Å²) in [5.41, 5.74) is 2.75. The molecule has 0 radical (unpaired) electrons. The van der Waals surface area contributed by atoms with E-state index in [4.69, 9.17) is 4.74 Å². The van der Waals surface area contributed by atoms with Gasteiger partial charge in [0, 0.05) is 34.0 Å². The van der Waals surface area contributed by atoms with Crippen molar-refractivity contribution in [1.29, 1.82) is 0 Å². The molecule has 0 aliphatic rings. The Morgan fingerprint density at radius 3 is 2.46 bits per heavy atom. The Labute approximate surface area is 172 Å². The van der Waals surface area contributed by atoms with Gasteiger partial charge >= 0.3 is 0 Å². The van der Waals surface area contributed by atoms with Crippen LogP contribution < -0.4 is 9.46 Å². The monoisotopic (exact) mass is 458 g/mol. The zero-order chi connectivity index (χ0) is 19.9. The number of para-hydroxylation sites is 1. The number of hydrogen-bond acceptors (Lipinski definition) is 3. The fraction of sp³-hybridized carbons (Fsp3) is 0.143. The van der Waals surface area contributed by atoms with Crippen molar-refractivity contribution in [3.05, 3.63) is 65.1 Å². The zero-order valence-electron chi connectivity index (χ0n) is 15.4. The van der Waals surface area contributed by atoms with Crippen LogP contribution in [-0.2, 0) is 16.6 Å². The lowest BCUT2D eigenvalue weighted by Gasteiger charge is -2.10. The molecule has 0 atom stereocenters. The van der Waals surface area contributed by atoms with Crippen LogP contribution in [0.1, 0.15) is 6.92 Å². The second-order valence-electron chi connectivity index (χ2n) is 6.40. The van der Waals surface area contributed by atoms with Crippen molar-refractivity contribution in [2.45, 2.75) is 18.4 Å². The van der Waals surface area contributed by atoms with Gasteiger partial charge in [0.2, 0.25) is 0 Å². The number of benzene rings is 3. The van der Waals surface area contributed by atoms with E-state index < -0.39 is 10.0 Å². The lowest BCUT2D eigenvalue weighted by molar-refractivity contribution is 0.411. The predicted molar refractivity (Wildman–Crippen MR) is 117 cm³/mol. The Morgan fingerprint density at radius 1 is 1.00 bits per heavy atom. The summed E-state index contributed by atoms with van der Waals surface area (Å²) >= 11 is 3.34. The summed E-state index contributed by atoms with van der Waals surface area (Å²) in [7, 11) is -2.19. The largest absolute Gasteiger partial charge is 0.496 e. The van der Waals surface area contributed by atoms with Crippen molar-refractivity contribution >= 4 is 53.4 Å². The topological polar surface area (TPSA) is 60.3 Å². The van der Waals surface area contributed by atoms with Gasteiger partial charge in [0.15, 0.2) is 0 Å². The van der Waals surface area contributed by atoms with Gasteiger partial charge in [0.1, 0.15) is 5.75 Å². The van der Waals surface area contributed by atoms with E-state index in [0.29, 0.717) is 15.9 Å². The zero-order valence-corrected chi connectivity index (χ0v) is 17.8. The summed E-state index contributed by atoms with van der Waals surface area (Å²) in [4.78, 5) is 0.163. The number of fused-ring (bicyclic) bond motifs is 3. The van der Waals surface area contributed by atoms with Gasteiger partial charge in [0.05, 0.1) is 16.5 Å². The van der Waals surface area contributed by atoms with Crippen LogP contribution in [0.5, 0.6) is 5.75 Å². The molecule has 0 fully saturated rings. The molecule has 3 aromatic carbocycles. The molecule has 0 aliphatic heterocycles. The van der Waals surface area contributed by atoms with E-state index in [-0.39, 0.29) is 4.90 Å². The van der Waals surface area contributed by atoms with E-state index in [0.717, 1.165) is 28.4 Å². The first-order chi connectivity index (χ1) is 13.4. The molecule has 0 unspecified atom stereocenters. The van der Waals surface area contributed by atoms with Crippen LogP contribution in [0.25, 0.3) is 21.8 Å². The highest BCUT2D eigenvalue weighted by atomic mass is 79.9. The van der Waals surface area contributed by atoms with Crippen LogP contribution in [0.3, 0.4) is 0 Å². The number of aryl methyl sites for hydroxylation is 1. The normalized spacial score (nSPS) is 11.8. The molecule has 28 heavy (non-hydrogen) atoms. The van der Waals surface area contributed by atoms with Gasteiger partial charge in [-0.2, -0.15) is 0 Å². The van der Waals surface area contributed by atoms with Crippen molar-refractivity contribution in [2.75, 3.05) is 11.8 Å². The molecule has 0 spiro atoms. The maximum atomic E-state index is 12.8. The number of rotatable bonds is 5. The Balaban J connectivity index is 1.77. The van der Waals surface area contributed by atoms with Gasteiger partial charge < -0.3 is 9.30 Å². The third-order valence-corrected chi connectivity index (χ3v) is 6.77. The minimum Gasteiger partial charge on any atom is -0.496 e. The quantitative estimate of drug-likeness (QED) is 0.436. The Hall–Kier alpha value is -2.51. The smallest absolute Gasteiger partial charge is 0.261 e. The van der Waals surface area contributed by atoms with E-state index in [2.05, 4.69) is 44.3 Å². The minimum absolute atomic E-state index is 0.163. The van der Waals surface area contributed by atoms with Crippen LogP contribution in [0, 0.1) is 0 Å². The molecule has 0 saturated heterocycles. The van der Waals surface area contributed by atoms with Crippen LogP contribution in [0.2, 0.25) is 0 Å². The maximum Gasteiger partial charge on any atom is 0.261 e. The number of methoxy groups -OCH3 is 1. The van der Waals surface area contributed by atoms with Gasteiger partial charge in [-0.15, -0.1) is 0 Å². The first-order valence-electron chi connectivity index (χ1n) is 8.82. The Morgan fingerprint density at radius 2 is 1.75 bits per heavy atom. The third kappa shape index (κ3) is 3.14. The first-order valence-corrected chi connectivity index (χ1v) is 11.1. The van der Waals surface area contributed by atoms with Crippen molar-refractivity contribution in [3.63, 3.8) is 0 Å². The number of nitrogens with one attached hydrogen (secondary N) is 1. The summed E-state index contributed by atoms with van der Waals surface area (Å²) in [6.45, 7) is 2.94. The number of nitrogens with zero attached hydrogens (tertiary/aromatic N) is 1. The average Bonchev–Trinajstić information content (AvgIpc) is 3.00. The molecule has 0 amide bonds. The summed E-state index contributed by atoms with van der Waals surface area (Å²) in [6, 6.07) is 18.5. The number of ether oxygens (including phenoxy) is 1. The van der Waals surface area contributed by atoms with Gasteiger partial charge in [-0.3, -0.25) is 4.72 Å². The molecular formula is C21H19BrN2O3S. The predicted octanol–water partition coefficient (Wildman–Crippen LogP) is 5.39. The summed E-state index contributed by atoms with van der Waals surface area (Å²) in [5, 5.41) is 2.13. The van der Waals surface area contributed by atoms with Crippen molar-refractivity contribution in [2.24, 2.45) is 0 Å². The highest BCUT2D eigenvalue weighted by Crippen LogP contribution is 2.32. The minimum atomic E-state index is -3.72. The highest BCUT2D eigenvalue weighted by molar-refractivity contribution is 9.10. The number of anilines is 1. The lowest BCUT2D eigenvalue weighted by atomic mass is 10.1. The fourth-order valence-corrected chi connectivity index (χ4v) is 5.25. The van der Waals surface area contributed by atoms with E-state index >= 15 is 0 Å². The molecule has 4 aromatic rings. The van der Waals surface area contributed by atoms with E-state index in [9.17, 15) is 8.42 Å². The summed E-state index contributed by atoms with van der Waals surface area (Å²) in [5.74, 6) is 0.577. The van der Waals surface area contributed by atoms with Gasteiger partial charge in [-0.1, -0.05) is 18.2 Å². The van der Waals surface area contributed by atoms with E-state index in [1.54, 1.807) is 12.1 Å². The van der Waals surface area contributed by atoms with Crippen molar-refractivity contribution in [3.8, 4) is 5.75 Å². The first kappa shape index (κ1) is 18.8. The van der Waals surface area contributed by atoms with Crippen LogP contribution in [0.15, 0.2) is 70.0 Å². The molecular weight excluding hydrogens is 440 g/mol. The number of aromatic nitrogens is 1. The standard InChI is InChI=1S/C21H19BrN2O3S/c1-3-24-19-7-5-4-6-16(19)17-12-14(8-10-20(17)24)23-28(25,26)15-9-11-21(27-2)18(22)13-15/h4-13,23H,3H2,1-2H3. The average molecular weight is 459 g/mol. The second-order valence-corrected chi connectivity index (χ2v) is 8.93. The third-order valence-electron chi connectivity index (χ3n) is 4.77. The fourth-order valence-electron chi connectivity index (χ4n) is 3.49. The molecule has 4 rings (SSSR count). The van der Waals surface area contributed by atoms with E-state index in [1.165, 1.54) is 19.2 Å². The molecule has 1 heterocycles. The lowest BCUT2D eigenvalue weighted by Crippen LogP contribution is -2.13. The molecule has 5 nitrogen and oxygen atoms in total. The number of hydrogen-bond donors (Lipinski definition) is 1. The van der Waals surface area contributed by atoms with Crippen LogP contribution >= 0.6 is 15.9 Å². The molecule has 0 aliphatic carbocycles. The molecule has 7 heteroatoms. The maximum absolute atomic E-state index is 12.8. The second kappa shape index (κ2) is 7.14. The van der Waals surface area contributed by atoms with Crippen molar-refractivity contribution in [1.82, 2.24) is 4.57 Å². The summed E-state index contributed by atoms with van der Waals surface area (Å²) < 4.78 is 36.3. The van der Waals surface area contributed by atoms with Gasteiger partial charge in [0.25, 0.3) is 10.0 Å². The molecule has 1 N–H and O–H groups in total. The Bertz CT molecular complexity index is 1300. The van der Waals surface area contributed by atoms with Crippen LogP contribution in [0.4, 0.5) is 5.69 Å². The SMILES string of the molecule is CCn1c2ccccc2c2cc(NS(=O)(=O)c3ccc(OC)c(Br)c3)ccc21. The molecule has 0 bridgehead atoms. The summed E-state index contributed by atoms with van der Waals surface area (Å²) in [6.07, 6.45) is 0. The molecule has 144 valence electrons. The van der Waals surface area contributed by atoms with Crippen LogP contribution in [-0.4, -0.2) is 20.1 Å². The Kier molecular flexibility index (Phi) is 4.81. The number of halogens is 1. The molecule has 1 aromatic heterocycles. The van der Waals surface area contributed by atoms with E-state index in [1.807, 2.05) is 24.3 Å². The molecule has 0 saturated carbocycles. The van der Waals surface area contributed by atoms with Gasteiger partial charge in [-0.25, -0.2) is 8.42 Å².